The van der Waals surface area contributed by atoms with E-state index in [-0.39, 0.29) is 23.7 Å². The van der Waals surface area contributed by atoms with Crippen LogP contribution >= 0.6 is 0 Å². The van der Waals surface area contributed by atoms with Crippen LogP contribution in [0.1, 0.15) is 11.1 Å². The molecule has 126 valence electrons. The van der Waals surface area contributed by atoms with Crippen molar-refractivity contribution in [1.29, 1.82) is 0 Å². The molecule has 0 bridgehead atoms. The van der Waals surface area contributed by atoms with Crippen molar-refractivity contribution in [3.05, 3.63) is 59.7 Å². The minimum atomic E-state index is -1.06. The van der Waals surface area contributed by atoms with Gasteiger partial charge in [0.25, 0.3) is 0 Å². The fourth-order valence-electron chi connectivity index (χ4n) is 1.60. The fourth-order valence-corrected chi connectivity index (χ4v) is 1.60. The molecule has 0 amide bonds. The van der Waals surface area contributed by atoms with Crippen molar-refractivity contribution in [2.75, 3.05) is 0 Å². The number of benzene rings is 2. The van der Waals surface area contributed by atoms with E-state index in [0.717, 1.165) is 6.08 Å². The molecule has 5 N–H and O–H groups in total. The van der Waals surface area contributed by atoms with Crippen molar-refractivity contribution in [3.63, 3.8) is 0 Å². The van der Waals surface area contributed by atoms with E-state index in [1.54, 1.807) is 12.1 Å². The Labute approximate surface area is 137 Å². The van der Waals surface area contributed by atoms with E-state index < -0.39 is 11.9 Å². The van der Waals surface area contributed by atoms with Crippen LogP contribution in [0, 0.1) is 0 Å². The van der Waals surface area contributed by atoms with E-state index in [2.05, 4.69) is 0 Å². The first-order valence-electron chi connectivity index (χ1n) is 6.70. The van der Waals surface area contributed by atoms with Gasteiger partial charge in [-0.2, -0.15) is 0 Å². The molecule has 7 heteroatoms. The molecule has 0 aliphatic carbocycles. The molecule has 24 heavy (non-hydrogen) atoms. The molecular weight excluding hydrogens is 316 g/mol. The number of hydrogen-bond donors (Lipinski definition) is 5. The number of hydrogen-bond acceptors (Lipinski definition) is 5. The average Bonchev–Trinajstić information content (AvgIpc) is 2.51. The zero-order valence-corrected chi connectivity index (χ0v) is 12.5. The summed E-state index contributed by atoms with van der Waals surface area (Å²) in [5.41, 5.74) is 1.20. The summed E-state index contributed by atoms with van der Waals surface area (Å²) in [4.78, 5) is 20.3. The zero-order valence-electron chi connectivity index (χ0n) is 12.5. The Morgan fingerprint density at radius 1 is 0.875 bits per heavy atom. The second-order valence-electron chi connectivity index (χ2n) is 4.66. The van der Waals surface area contributed by atoms with Crippen LogP contribution in [0.2, 0.25) is 0 Å². The summed E-state index contributed by atoms with van der Waals surface area (Å²) in [5.74, 6) is -2.28. The molecule has 2 rings (SSSR count). The number of phenolic OH excluding ortho intramolecular Hbond substituents is 3. The van der Waals surface area contributed by atoms with Crippen molar-refractivity contribution in [2.45, 2.75) is 6.42 Å². The van der Waals surface area contributed by atoms with Gasteiger partial charge in [-0.05, 0) is 41.5 Å². The van der Waals surface area contributed by atoms with Crippen LogP contribution in [0.25, 0.3) is 6.08 Å². The monoisotopic (exact) mass is 332 g/mol. The predicted octanol–water partition coefficient (Wildman–Crippen LogP) is 2.21. The molecular formula is C17H16O7. The Bertz CT molecular complexity index is 733. The maximum absolute atomic E-state index is 10.2. The lowest BCUT2D eigenvalue weighted by Gasteiger charge is -1.97. The van der Waals surface area contributed by atoms with Crippen molar-refractivity contribution in [1.82, 2.24) is 0 Å². The maximum Gasteiger partial charge on any atom is 0.328 e. The quantitative estimate of drug-likeness (QED) is 0.428. The third kappa shape index (κ3) is 6.99. The molecule has 7 nitrogen and oxygen atoms in total. The fraction of sp³-hybridized carbons (Fsp3) is 0.0588. The lowest BCUT2D eigenvalue weighted by molar-refractivity contribution is -0.136. The van der Waals surface area contributed by atoms with Crippen LogP contribution in [0.15, 0.2) is 48.5 Å². The van der Waals surface area contributed by atoms with Crippen LogP contribution in [0.4, 0.5) is 0 Å². The molecule has 0 unspecified atom stereocenters. The third-order valence-electron chi connectivity index (χ3n) is 2.71. The Morgan fingerprint density at radius 3 is 2.00 bits per heavy atom. The van der Waals surface area contributed by atoms with Gasteiger partial charge in [0.2, 0.25) is 0 Å². The first-order chi connectivity index (χ1) is 11.3. The Kier molecular flexibility index (Phi) is 6.84. The topological polar surface area (TPSA) is 135 Å². The van der Waals surface area contributed by atoms with Crippen LogP contribution in [-0.2, 0) is 16.0 Å². The first-order valence-corrected chi connectivity index (χ1v) is 6.70. The van der Waals surface area contributed by atoms with Gasteiger partial charge >= 0.3 is 11.9 Å². The minimum absolute atomic E-state index is 0.000278. The zero-order chi connectivity index (χ0) is 18.1. The second kappa shape index (κ2) is 8.84. The Balaban J connectivity index is 0.000000243. The molecule has 0 aliphatic rings. The molecule has 0 fully saturated rings. The van der Waals surface area contributed by atoms with Gasteiger partial charge in [-0.15, -0.1) is 0 Å². The molecule has 0 heterocycles. The van der Waals surface area contributed by atoms with Crippen LogP contribution in [0.3, 0.4) is 0 Å². The highest BCUT2D eigenvalue weighted by Gasteiger charge is 1.99. The molecule has 0 aliphatic heterocycles. The van der Waals surface area contributed by atoms with E-state index in [1.165, 1.54) is 36.4 Å². The molecule has 0 saturated carbocycles. The summed E-state index contributed by atoms with van der Waals surface area (Å²) in [6, 6.07) is 10.2. The Hall–Kier alpha value is -3.48. The number of carboxylic acid groups (broad SMARTS) is 2. The van der Waals surface area contributed by atoms with E-state index >= 15 is 0 Å². The number of carbonyl (C=O) groups is 2. The van der Waals surface area contributed by atoms with E-state index in [1.807, 2.05) is 0 Å². The predicted molar refractivity (Wildman–Crippen MR) is 85.9 cm³/mol. The third-order valence-corrected chi connectivity index (χ3v) is 2.71. The van der Waals surface area contributed by atoms with Crippen molar-refractivity contribution in [2.24, 2.45) is 0 Å². The van der Waals surface area contributed by atoms with Gasteiger partial charge in [0.15, 0.2) is 11.5 Å². The number of phenols is 3. The number of carboxylic acids is 2. The van der Waals surface area contributed by atoms with E-state index in [4.69, 9.17) is 25.5 Å². The van der Waals surface area contributed by atoms with E-state index in [9.17, 15) is 9.59 Å². The van der Waals surface area contributed by atoms with Gasteiger partial charge in [0.05, 0.1) is 6.42 Å². The summed E-state index contributed by atoms with van der Waals surface area (Å²) in [6.07, 6.45) is 2.27. The van der Waals surface area contributed by atoms with Gasteiger partial charge < -0.3 is 25.5 Å². The maximum atomic E-state index is 10.2. The lowest BCUT2D eigenvalue weighted by Crippen LogP contribution is -1.98. The van der Waals surface area contributed by atoms with E-state index in [0.29, 0.717) is 11.1 Å². The summed E-state index contributed by atoms with van der Waals surface area (Å²) in [6.45, 7) is 0. The highest BCUT2D eigenvalue weighted by molar-refractivity contribution is 5.85. The normalized spacial score (nSPS) is 10.0. The van der Waals surface area contributed by atoms with Gasteiger partial charge in [-0.1, -0.05) is 18.2 Å². The van der Waals surface area contributed by atoms with Gasteiger partial charge in [0, 0.05) is 6.08 Å². The standard InChI is InChI=1S/C9H8O4.C8H8O3/c10-7-3-1-6(5-8(7)11)2-4-9(12)13;9-7-3-1-6(2-4-7)5-8(10)11/h1-5,10-11H,(H,12,13);1-4,9H,5H2,(H,10,11). The van der Waals surface area contributed by atoms with Crippen molar-refractivity contribution in [3.8, 4) is 17.2 Å². The molecule has 0 atom stereocenters. The second-order valence-corrected chi connectivity index (χ2v) is 4.66. The molecule has 0 spiro atoms. The lowest BCUT2D eigenvalue weighted by atomic mass is 10.1. The van der Waals surface area contributed by atoms with Crippen LogP contribution in [-0.4, -0.2) is 37.5 Å². The number of rotatable bonds is 4. The number of aromatic hydroxyl groups is 3. The highest BCUT2D eigenvalue weighted by Crippen LogP contribution is 2.25. The van der Waals surface area contributed by atoms with Crippen molar-refractivity contribution >= 4 is 18.0 Å². The van der Waals surface area contributed by atoms with Crippen molar-refractivity contribution < 1.29 is 35.1 Å². The molecule has 0 radical (unpaired) electrons. The van der Waals surface area contributed by atoms with Crippen LogP contribution in [0.5, 0.6) is 17.2 Å². The minimum Gasteiger partial charge on any atom is -0.508 e. The average molecular weight is 332 g/mol. The van der Waals surface area contributed by atoms with Gasteiger partial charge in [0.1, 0.15) is 5.75 Å². The summed E-state index contributed by atoms with van der Waals surface area (Å²) in [7, 11) is 0. The largest absolute Gasteiger partial charge is 0.508 e. The Morgan fingerprint density at radius 2 is 1.50 bits per heavy atom. The first kappa shape index (κ1) is 18.6. The molecule has 0 aromatic heterocycles. The summed E-state index contributed by atoms with van der Waals surface area (Å²) < 4.78 is 0. The smallest absolute Gasteiger partial charge is 0.328 e. The van der Waals surface area contributed by atoms with Gasteiger partial charge in [-0.3, -0.25) is 4.79 Å². The molecule has 2 aromatic rings. The van der Waals surface area contributed by atoms with Gasteiger partial charge in [-0.25, -0.2) is 4.79 Å². The molecule has 2 aromatic carbocycles. The summed E-state index contributed by atoms with van der Waals surface area (Å²) >= 11 is 0. The van der Waals surface area contributed by atoms with Crippen LogP contribution < -0.4 is 0 Å². The number of aliphatic carboxylic acids is 2. The highest BCUT2D eigenvalue weighted by atomic mass is 16.4. The molecule has 0 saturated heterocycles. The summed E-state index contributed by atoms with van der Waals surface area (Å²) in [5, 5.41) is 43.5. The SMILES string of the molecule is O=C(O)C=Cc1ccc(O)c(O)c1.O=C(O)Cc1ccc(O)cc1.